The number of nitrogens with zero attached hydrogens (tertiary/aromatic N) is 1. The number of aryl methyl sites for hydroxylation is 1. The molecule has 0 radical (unpaired) electrons. The molecule has 1 aliphatic rings. The van der Waals surface area contributed by atoms with E-state index in [1.54, 1.807) is 0 Å². The van der Waals surface area contributed by atoms with E-state index in [0.29, 0.717) is 6.42 Å². The number of rotatable bonds is 8. The van der Waals surface area contributed by atoms with Gasteiger partial charge in [0.05, 0.1) is 0 Å². The summed E-state index contributed by atoms with van der Waals surface area (Å²) in [7, 11) is 0. The lowest BCUT2D eigenvalue weighted by Gasteiger charge is -2.33. The molecule has 0 aromatic heterocycles. The second-order valence-corrected chi connectivity index (χ2v) is 7.53. The van der Waals surface area contributed by atoms with E-state index in [4.69, 9.17) is 0 Å². The lowest BCUT2D eigenvalue weighted by atomic mass is 9.90. The first-order valence-electron chi connectivity index (χ1n) is 10.2. The Morgan fingerprint density at radius 2 is 1.69 bits per heavy atom. The molecular weight excluding hydrogens is 318 g/mol. The molecule has 2 aromatic rings. The van der Waals surface area contributed by atoms with Gasteiger partial charge in [-0.15, -0.1) is 0 Å². The molecular formula is C24H31NO. The van der Waals surface area contributed by atoms with E-state index < -0.39 is 0 Å². The highest BCUT2D eigenvalue weighted by molar-refractivity contribution is 5.96. The minimum atomic E-state index is 0.260. The number of Topliss-reactive ketones (excluding diaryl/α,β-unsaturated/α-hetero) is 1. The van der Waals surface area contributed by atoms with Crippen molar-refractivity contribution in [1.82, 2.24) is 0 Å². The first-order chi connectivity index (χ1) is 12.8. The molecule has 26 heavy (non-hydrogen) atoms. The first-order valence-corrected chi connectivity index (χ1v) is 10.2. The van der Waals surface area contributed by atoms with Crippen LogP contribution in [0.5, 0.6) is 0 Å². The standard InChI is InChI=1S/C24H31NO/c1-2-7-24(26)22-12-14-23(15-13-22)25-18-16-21(17-19-25)11-6-10-20-8-4-3-5-9-20/h3-5,8-9,12-15,21H,2,6-7,10-11,16-19H2,1H3. The van der Waals surface area contributed by atoms with Crippen LogP contribution in [-0.2, 0) is 6.42 Å². The Bertz CT molecular complexity index is 669. The molecule has 1 heterocycles. The topological polar surface area (TPSA) is 20.3 Å². The zero-order valence-electron chi connectivity index (χ0n) is 16.0. The summed E-state index contributed by atoms with van der Waals surface area (Å²) in [5, 5.41) is 0. The van der Waals surface area contributed by atoms with E-state index in [2.05, 4.69) is 54.3 Å². The van der Waals surface area contributed by atoms with Crippen LogP contribution in [0.4, 0.5) is 5.69 Å². The molecule has 0 spiro atoms. The highest BCUT2D eigenvalue weighted by atomic mass is 16.1. The monoisotopic (exact) mass is 349 g/mol. The lowest BCUT2D eigenvalue weighted by molar-refractivity contribution is 0.0982. The van der Waals surface area contributed by atoms with E-state index in [-0.39, 0.29) is 5.78 Å². The maximum absolute atomic E-state index is 12.0. The Hall–Kier alpha value is -2.09. The number of ketones is 1. The predicted octanol–water partition coefficient (Wildman–Crippen LogP) is 5.91. The highest BCUT2D eigenvalue weighted by Crippen LogP contribution is 2.27. The number of carbonyl (C=O) groups is 1. The van der Waals surface area contributed by atoms with Gasteiger partial charge in [0.15, 0.2) is 5.78 Å². The summed E-state index contributed by atoms with van der Waals surface area (Å²) in [5.74, 6) is 1.12. The van der Waals surface area contributed by atoms with Crippen LogP contribution in [0.15, 0.2) is 54.6 Å². The van der Waals surface area contributed by atoms with Crippen LogP contribution in [0.1, 0.15) is 61.4 Å². The third-order valence-electron chi connectivity index (χ3n) is 5.57. The molecule has 1 saturated heterocycles. The van der Waals surface area contributed by atoms with E-state index in [0.717, 1.165) is 31.0 Å². The summed E-state index contributed by atoms with van der Waals surface area (Å²) in [4.78, 5) is 14.4. The molecule has 2 nitrogen and oxygen atoms in total. The highest BCUT2D eigenvalue weighted by Gasteiger charge is 2.19. The molecule has 0 saturated carbocycles. The summed E-state index contributed by atoms with van der Waals surface area (Å²) in [6.07, 6.45) is 7.97. The minimum absolute atomic E-state index is 0.260. The second-order valence-electron chi connectivity index (χ2n) is 7.53. The van der Waals surface area contributed by atoms with Crippen molar-refractivity contribution in [2.45, 2.75) is 51.9 Å². The van der Waals surface area contributed by atoms with Crippen LogP contribution in [-0.4, -0.2) is 18.9 Å². The molecule has 0 atom stereocenters. The average Bonchev–Trinajstić information content (AvgIpc) is 2.70. The van der Waals surface area contributed by atoms with Gasteiger partial charge in [0.25, 0.3) is 0 Å². The van der Waals surface area contributed by atoms with Gasteiger partial charge in [0.2, 0.25) is 0 Å². The molecule has 0 amide bonds. The predicted molar refractivity (Wildman–Crippen MR) is 110 cm³/mol. The van der Waals surface area contributed by atoms with Gasteiger partial charge >= 0.3 is 0 Å². The van der Waals surface area contributed by atoms with Gasteiger partial charge in [-0.3, -0.25) is 4.79 Å². The zero-order chi connectivity index (χ0) is 18.2. The molecule has 2 aromatic carbocycles. The summed E-state index contributed by atoms with van der Waals surface area (Å²) in [6, 6.07) is 19.1. The smallest absolute Gasteiger partial charge is 0.162 e. The second kappa shape index (κ2) is 9.56. The van der Waals surface area contributed by atoms with Crippen LogP contribution >= 0.6 is 0 Å². The minimum Gasteiger partial charge on any atom is -0.372 e. The van der Waals surface area contributed by atoms with Crippen molar-refractivity contribution < 1.29 is 4.79 Å². The molecule has 138 valence electrons. The number of benzene rings is 2. The van der Waals surface area contributed by atoms with Gasteiger partial charge < -0.3 is 4.90 Å². The van der Waals surface area contributed by atoms with Gasteiger partial charge in [-0.2, -0.15) is 0 Å². The molecule has 2 heteroatoms. The fourth-order valence-electron chi connectivity index (χ4n) is 3.95. The van der Waals surface area contributed by atoms with Gasteiger partial charge in [-0.1, -0.05) is 37.3 Å². The number of hydrogen-bond acceptors (Lipinski definition) is 2. The number of carbonyl (C=O) groups excluding carboxylic acids is 1. The van der Waals surface area contributed by atoms with Gasteiger partial charge in [0.1, 0.15) is 0 Å². The SMILES string of the molecule is CCCC(=O)c1ccc(N2CCC(CCCc3ccccc3)CC2)cc1. The van der Waals surface area contributed by atoms with E-state index in [1.165, 1.54) is 43.4 Å². The molecule has 0 aliphatic carbocycles. The van der Waals surface area contributed by atoms with Crippen molar-refractivity contribution in [2.24, 2.45) is 5.92 Å². The van der Waals surface area contributed by atoms with Gasteiger partial charge in [-0.05, 0) is 74.3 Å². The molecule has 3 rings (SSSR count). The van der Waals surface area contributed by atoms with Gasteiger partial charge in [0, 0.05) is 30.8 Å². The van der Waals surface area contributed by atoms with E-state index in [9.17, 15) is 4.79 Å². The van der Waals surface area contributed by atoms with Crippen molar-refractivity contribution >= 4 is 11.5 Å². The number of piperidine rings is 1. The molecule has 0 bridgehead atoms. The van der Waals surface area contributed by atoms with Crippen LogP contribution < -0.4 is 4.90 Å². The third kappa shape index (κ3) is 5.20. The number of anilines is 1. The molecule has 0 N–H and O–H groups in total. The fourth-order valence-corrected chi connectivity index (χ4v) is 3.95. The molecule has 0 unspecified atom stereocenters. The van der Waals surface area contributed by atoms with Crippen LogP contribution in [0.3, 0.4) is 0 Å². The maximum Gasteiger partial charge on any atom is 0.162 e. The Morgan fingerprint density at radius 3 is 2.35 bits per heavy atom. The van der Waals surface area contributed by atoms with Crippen molar-refractivity contribution in [3.8, 4) is 0 Å². The van der Waals surface area contributed by atoms with Crippen LogP contribution in [0.25, 0.3) is 0 Å². The fraction of sp³-hybridized carbons (Fsp3) is 0.458. The van der Waals surface area contributed by atoms with Crippen LogP contribution in [0, 0.1) is 5.92 Å². The van der Waals surface area contributed by atoms with E-state index >= 15 is 0 Å². The summed E-state index contributed by atoms with van der Waals surface area (Å²) in [6.45, 7) is 4.33. The average molecular weight is 350 g/mol. The summed E-state index contributed by atoms with van der Waals surface area (Å²) >= 11 is 0. The quantitative estimate of drug-likeness (QED) is 0.552. The Morgan fingerprint density at radius 1 is 1.00 bits per heavy atom. The Labute approximate surface area is 158 Å². The third-order valence-corrected chi connectivity index (χ3v) is 5.57. The van der Waals surface area contributed by atoms with Crippen molar-refractivity contribution in [3.63, 3.8) is 0 Å². The summed E-state index contributed by atoms with van der Waals surface area (Å²) < 4.78 is 0. The zero-order valence-corrected chi connectivity index (χ0v) is 16.0. The van der Waals surface area contributed by atoms with Crippen molar-refractivity contribution in [2.75, 3.05) is 18.0 Å². The van der Waals surface area contributed by atoms with Gasteiger partial charge in [-0.25, -0.2) is 0 Å². The van der Waals surface area contributed by atoms with Crippen LogP contribution in [0.2, 0.25) is 0 Å². The largest absolute Gasteiger partial charge is 0.372 e. The van der Waals surface area contributed by atoms with Crippen molar-refractivity contribution in [1.29, 1.82) is 0 Å². The van der Waals surface area contributed by atoms with Crippen molar-refractivity contribution in [3.05, 3.63) is 65.7 Å². The maximum atomic E-state index is 12.0. The lowest BCUT2D eigenvalue weighted by Crippen LogP contribution is -2.33. The summed E-state index contributed by atoms with van der Waals surface area (Å²) in [5.41, 5.74) is 3.58. The first kappa shape index (κ1) is 18.7. The molecule has 1 fully saturated rings. The Kier molecular flexibility index (Phi) is 6.88. The normalized spacial score (nSPS) is 15.2. The number of hydrogen-bond donors (Lipinski definition) is 0. The molecule has 1 aliphatic heterocycles. The van der Waals surface area contributed by atoms with E-state index in [1.807, 2.05) is 12.1 Å². The Balaban J connectivity index is 1.42.